The minimum Gasteiger partial charge on any atom is -0.383 e. The maximum Gasteiger partial charge on any atom is 0.264 e. The second-order valence-electron chi connectivity index (χ2n) is 9.27. The fourth-order valence-corrected chi connectivity index (χ4v) is 6.07. The highest BCUT2D eigenvalue weighted by Gasteiger charge is 2.34. The lowest BCUT2D eigenvalue weighted by Gasteiger charge is -2.09. The van der Waals surface area contributed by atoms with E-state index in [-0.39, 0.29) is 17.3 Å². The summed E-state index contributed by atoms with van der Waals surface area (Å²) in [6, 6.07) is 32.2. The Bertz CT molecular complexity index is 1920. The lowest BCUT2D eigenvalue weighted by Crippen LogP contribution is -2.14. The number of hydrogen-bond donors (Lipinski definition) is 1. The third kappa shape index (κ3) is 3.54. The lowest BCUT2D eigenvalue weighted by atomic mass is 10.0. The molecule has 1 unspecified atom stereocenters. The number of ketones is 1. The van der Waals surface area contributed by atoms with Crippen LogP contribution in [-0.2, 0) is 0 Å². The molecule has 0 saturated heterocycles. The van der Waals surface area contributed by atoms with Crippen LogP contribution < -0.4 is 0 Å². The summed E-state index contributed by atoms with van der Waals surface area (Å²) in [5, 5.41) is 13.9. The van der Waals surface area contributed by atoms with Gasteiger partial charge in [0.2, 0.25) is 0 Å². The number of rotatable bonds is 3. The van der Waals surface area contributed by atoms with Gasteiger partial charge in [-0.15, -0.1) is 11.3 Å². The summed E-state index contributed by atoms with van der Waals surface area (Å²) in [6.07, 6.45) is 0.554. The maximum atomic E-state index is 13.8. The van der Waals surface area contributed by atoms with E-state index < -0.39 is 6.10 Å². The smallest absolute Gasteiger partial charge is 0.264 e. The van der Waals surface area contributed by atoms with Gasteiger partial charge in [0.15, 0.2) is 11.4 Å². The second kappa shape index (κ2) is 8.73. The third-order valence-corrected chi connectivity index (χ3v) is 7.99. The van der Waals surface area contributed by atoms with E-state index in [0.717, 1.165) is 26.0 Å². The standard InChI is InChI=1S/C32H20N2O3S/c35-28-24-15-21-13-7-8-14-22(21)16-25(24)29(36)26(28)17-23-18-27-30(33-31(38-27)19-9-3-1-4-10-19)34(23)32(37)20-11-5-2-6-12-20/h1-18,28,35H/b26-17+. The molecule has 1 N–H and O–H groups in total. The van der Waals surface area contributed by atoms with Gasteiger partial charge in [-0.3, -0.25) is 14.2 Å². The summed E-state index contributed by atoms with van der Waals surface area (Å²) < 4.78 is 2.36. The molecule has 0 bridgehead atoms. The molecule has 1 aliphatic rings. The predicted octanol–water partition coefficient (Wildman–Crippen LogP) is 6.92. The van der Waals surface area contributed by atoms with Crippen LogP contribution in [0.25, 0.3) is 37.8 Å². The highest BCUT2D eigenvalue weighted by molar-refractivity contribution is 7.21. The summed E-state index contributed by atoms with van der Waals surface area (Å²) in [4.78, 5) is 32.0. The summed E-state index contributed by atoms with van der Waals surface area (Å²) in [5.74, 6) is -0.486. The Morgan fingerprint density at radius 1 is 0.868 bits per heavy atom. The number of aromatic nitrogens is 2. The number of thiazole rings is 1. The highest BCUT2D eigenvalue weighted by atomic mass is 32.1. The van der Waals surface area contributed by atoms with E-state index in [1.807, 2.05) is 91.0 Å². The lowest BCUT2D eigenvalue weighted by molar-refractivity contribution is 0.0961. The third-order valence-electron chi connectivity index (χ3n) is 6.95. The van der Waals surface area contributed by atoms with Gasteiger partial charge in [-0.05, 0) is 52.7 Å². The van der Waals surface area contributed by atoms with Gasteiger partial charge >= 0.3 is 0 Å². The predicted molar refractivity (Wildman–Crippen MR) is 150 cm³/mol. The first-order chi connectivity index (χ1) is 18.6. The van der Waals surface area contributed by atoms with Crippen LogP contribution in [0.3, 0.4) is 0 Å². The van der Waals surface area contributed by atoms with E-state index in [4.69, 9.17) is 4.98 Å². The van der Waals surface area contributed by atoms with Crippen molar-refractivity contribution in [1.29, 1.82) is 0 Å². The molecular weight excluding hydrogens is 492 g/mol. The Kier molecular flexibility index (Phi) is 5.18. The zero-order chi connectivity index (χ0) is 25.8. The fraction of sp³-hybridized carbons (Fsp3) is 0.0312. The number of aliphatic hydroxyl groups excluding tert-OH is 1. The molecule has 1 aliphatic carbocycles. The zero-order valence-electron chi connectivity index (χ0n) is 20.0. The zero-order valence-corrected chi connectivity index (χ0v) is 20.9. The van der Waals surface area contributed by atoms with Gasteiger partial charge in [0.25, 0.3) is 5.91 Å². The van der Waals surface area contributed by atoms with E-state index in [1.165, 1.54) is 11.3 Å². The molecular formula is C32H20N2O3S. The minimum absolute atomic E-state index is 0.237. The van der Waals surface area contributed by atoms with Gasteiger partial charge in [0.05, 0.1) is 10.4 Å². The molecule has 2 heterocycles. The summed E-state index contributed by atoms with van der Waals surface area (Å²) in [5.41, 5.74) is 3.82. The van der Waals surface area contributed by atoms with E-state index in [2.05, 4.69) is 0 Å². The van der Waals surface area contributed by atoms with Crippen LogP contribution >= 0.6 is 11.3 Å². The first-order valence-corrected chi connectivity index (χ1v) is 13.0. The molecule has 2 aromatic heterocycles. The molecule has 0 aliphatic heterocycles. The molecule has 5 nitrogen and oxygen atoms in total. The van der Waals surface area contributed by atoms with Crippen molar-refractivity contribution in [2.45, 2.75) is 6.10 Å². The van der Waals surface area contributed by atoms with Crippen molar-refractivity contribution in [1.82, 2.24) is 9.55 Å². The van der Waals surface area contributed by atoms with Crippen LogP contribution in [-0.4, -0.2) is 26.3 Å². The number of Topliss-reactive ketones (excluding diaryl/α,β-unsaturated/α-hetero) is 1. The Morgan fingerprint density at radius 3 is 2.26 bits per heavy atom. The molecule has 0 fully saturated rings. The SMILES string of the molecule is O=C1/C(=C/c2cc3sc(-c4ccccc4)nc3n2C(=O)c2ccccc2)C(O)c2cc3ccccc3cc21. The van der Waals surface area contributed by atoms with Gasteiger partial charge in [-0.2, -0.15) is 0 Å². The normalized spacial score (nSPS) is 16.0. The molecule has 0 saturated carbocycles. The number of carbonyl (C=O) groups excluding carboxylic acids is 2. The van der Waals surface area contributed by atoms with Crippen molar-refractivity contribution in [3.8, 4) is 10.6 Å². The average Bonchev–Trinajstić information content (AvgIpc) is 3.59. The second-order valence-corrected chi connectivity index (χ2v) is 10.3. The number of aliphatic hydroxyl groups is 1. The Labute approximate surface area is 221 Å². The number of nitrogens with zero attached hydrogens (tertiary/aromatic N) is 2. The van der Waals surface area contributed by atoms with Crippen molar-refractivity contribution in [2.75, 3.05) is 0 Å². The van der Waals surface area contributed by atoms with Gasteiger partial charge < -0.3 is 5.11 Å². The number of carbonyl (C=O) groups is 2. The molecule has 0 amide bonds. The fourth-order valence-electron chi connectivity index (χ4n) is 5.06. The Hall–Kier alpha value is -4.65. The van der Waals surface area contributed by atoms with Crippen LogP contribution in [0, 0.1) is 0 Å². The van der Waals surface area contributed by atoms with Crippen molar-refractivity contribution < 1.29 is 14.7 Å². The number of benzene rings is 4. The van der Waals surface area contributed by atoms with Crippen LogP contribution in [0.4, 0.5) is 0 Å². The molecule has 0 radical (unpaired) electrons. The van der Waals surface area contributed by atoms with Crippen molar-refractivity contribution in [3.05, 3.63) is 131 Å². The van der Waals surface area contributed by atoms with E-state index >= 15 is 0 Å². The van der Waals surface area contributed by atoms with Gasteiger partial charge in [-0.25, -0.2) is 4.98 Å². The Balaban J connectivity index is 1.39. The highest BCUT2D eigenvalue weighted by Crippen LogP contribution is 2.40. The first kappa shape index (κ1) is 22.5. The molecule has 1 atom stereocenters. The monoisotopic (exact) mass is 512 g/mol. The van der Waals surface area contributed by atoms with Gasteiger partial charge in [-0.1, -0.05) is 72.8 Å². The molecule has 7 rings (SSSR count). The Morgan fingerprint density at radius 2 is 1.53 bits per heavy atom. The van der Waals surface area contributed by atoms with Crippen molar-refractivity contribution in [2.24, 2.45) is 0 Å². The quantitative estimate of drug-likeness (QED) is 0.261. The van der Waals surface area contributed by atoms with E-state index in [0.29, 0.717) is 28.0 Å². The summed E-state index contributed by atoms with van der Waals surface area (Å²) >= 11 is 1.49. The van der Waals surface area contributed by atoms with Gasteiger partial charge in [0, 0.05) is 22.3 Å². The molecule has 38 heavy (non-hydrogen) atoms. The summed E-state index contributed by atoms with van der Waals surface area (Å²) in [7, 11) is 0. The molecule has 182 valence electrons. The largest absolute Gasteiger partial charge is 0.383 e. The average molecular weight is 513 g/mol. The topological polar surface area (TPSA) is 72.2 Å². The molecule has 6 aromatic rings. The summed E-state index contributed by atoms with van der Waals surface area (Å²) in [6.45, 7) is 0. The van der Waals surface area contributed by atoms with Crippen LogP contribution in [0.15, 0.2) is 109 Å². The number of hydrogen-bond acceptors (Lipinski definition) is 5. The van der Waals surface area contributed by atoms with Crippen LogP contribution in [0.1, 0.15) is 38.1 Å². The molecule has 6 heteroatoms. The van der Waals surface area contributed by atoms with Crippen LogP contribution in [0.2, 0.25) is 0 Å². The van der Waals surface area contributed by atoms with E-state index in [9.17, 15) is 14.7 Å². The number of fused-ring (bicyclic) bond motifs is 3. The van der Waals surface area contributed by atoms with Crippen molar-refractivity contribution >= 4 is 50.2 Å². The van der Waals surface area contributed by atoms with Crippen LogP contribution in [0.5, 0.6) is 0 Å². The molecule has 0 spiro atoms. The van der Waals surface area contributed by atoms with Gasteiger partial charge in [0.1, 0.15) is 11.1 Å². The molecule has 4 aromatic carbocycles. The minimum atomic E-state index is -1.08. The first-order valence-electron chi connectivity index (χ1n) is 12.2. The van der Waals surface area contributed by atoms with E-state index in [1.54, 1.807) is 22.8 Å². The maximum absolute atomic E-state index is 13.8. The van der Waals surface area contributed by atoms with Crippen molar-refractivity contribution in [3.63, 3.8) is 0 Å².